The van der Waals surface area contributed by atoms with Crippen molar-refractivity contribution in [2.75, 3.05) is 27.2 Å². The molecule has 0 bridgehead atoms. The zero-order valence-corrected chi connectivity index (χ0v) is 13.1. The maximum absolute atomic E-state index is 12.1. The van der Waals surface area contributed by atoms with Crippen molar-refractivity contribution in [2.45, 2.75) is 32.7 Å². The van der Waals surface area contributed by atoms with E-state index in [4.69, 9.17) is 5.11 Å². The van der Waals surface area contributed by atoms with Crippen LogP contribution < -0.4 is 5.32 Å². The van der Waals surface area contributed by atoms with E-state index in [1.807, 2.05) is 0 Å². The predicted octanol–water partition coefficient (Wildman–Crippen LogP) is 0.605. The Morgan fingerprint density at radius 2 is 1.71 bits per heavy atom. The van der Waals surface area contributed by atoms with Gasteiger partial charge in [0.2, 0.25) is 5.91 Å². The van der Waals surface area contributed by atoms with Gasteiger partial charge in [0.15, 0.2) is 0 Å². The highest BCUT2D eigenvalue weighted by molar-refractivity contribution is 5.85. The average molecular weight is 299 g/mol. The summed E-state index contributed by atoms with van der Waals surface area (Å²) in [4.78, 5) is 38.3. The number of carbonyl (C=O) groups excluding carboxylic acids is 2. The summed E-state index contributed by atoms with van der Waals surface area (Å²) in [6.45, 7) is 4.57. The standard InChI is InChI=1S/C14H25N3O4/c1-9(2)11(13(19)20)15-12(18)10-5-7-17(8-6-10)14(21)16(3)4/h9-11H,5-8H2,1-4H3,(H,15,18)(H,19,20)/t11-/m0/s1. The number of hydrogen-bond acceptors (Lipinski definition) is 3. The van der Waals surface area contributed by atoms with E-state index in [0.29, 0.717) is 25.9 Å². The molecular weight excluding hydrogens is 274 g/mol. The number of carboxylic acid groups (broad SMARTS) is 1. The molecule has 1 rings (SSSR count). The Morgan fingerprint density at radius 1 is 1.19 bits per heavy atom. The molecule has 1 aliphatic rings. The van der Waals surface area contributed by atoms with Crippen LogP contribution in [0.5, 0.6) is 0 Å². The van der Waals surface area contributed by atoms with E-state index >= 15 is 0 Å². The van der Waals surface area contributed by atoms with Gasteiger partial charge < -0.3 is 20.2 Å². The van der Waals surface area contributed by atoms with Crippen molar-refractivity contribution in [3.63, 3.8) is 0 Å². The molecule has 0 saturated carbocycles. The SMILES string of the molecule is CC(C)[C@H](NC(=O)C1CCN(C(=O)N(C)C)CC1)C(=O)O. The molecule has 1 heterocycles. The third-order valence-electron chi connectivity index (χ3n) is 3.75. The van der Waals surface area contributed by atoms with Crippen LogP contribution in [-0.2, 0) is 9.59 Å². The highest BCUT2D eigenvalue weighted by atomic mass is 16.4. The van der Waals surface area contributed by atoms with Crippen molar-refractivity contribution >= 4 is 17.9 Å². The highest BCUT2D eigenvalue weighted by Gasteiger charge is 2.31. The van der Waals surface area contributed by atoms with Gasteiger partial charge >= 0.3 is 12.0 Å². The molecule has 7 heteroatoms. The number of amides is 3. The van der Waals surface area contributed by atoms with Crippen molar-refractivity contribution in [3.05, 3.63) is 0 Å². The Labute approximate surface area is 125 Å². The second-order valence-corrected chi connectivity index (χ2v) is 6.01. The van der Waals surface area contributed by atoms with Crippen LogP contribution in [0.15, 0.2) is 0 Å². The molecule has 1 aliphatic heterocycles. The van der Waals surface area contributed by atoms with Gasteiger partial charge in [-0.05, 0) is 18.8 Å². The summed E-state index contributed by atoms with van der Waals surface area (Å²) in [7, 11) is 3.39. The molecule has 0 unspecified atom stereocenters. The van der Waals surface area contributed by atoms with E-state index < -0.39 is 12.0 Å². The third kappa shape index (κ3) is 4.61. The number of carboxylic acids is 1. The fourth-order valence-corrected chi connectivity index (χ4v) is 2.40. The minimum atomic E-state index is -1.02. The lowest BCUT2D eigenvalue weighted by Gasteiger charge is -2.33. The zero-order chi connectivity index (χ0) is 16.2. The van der Waals surface area contributed by atoms with Gasteiger partial charge in [0.1, 0.15) is 6.04 Å². The first-order valence-corrected chi connectivity index (χ1v) is 7.23. The largest absolute Gasteiger partial charge is 0.480 e. The minimum absolute atomic E-state index is 0.0561. The van der Waals surface area contributed by atoms with Crippen LogP contribution in [0.4, 0.5) is 4.79 Å². The molecule has 0 aromatic rings. The van der Waals surface area contributed by atoms with Crippen molar-refractivity contribution in [1.29, 1.82) is 0 Å². The molecule has 0 aromatic heterocycles. The zero-order valence-electron chi connectivity index (χ0n) is 13.1. The summed E-state index contributed by atoms with van der Waals surface area (Å²) in [5.74, 6) is -1.63. The van der Waals surface area contributed by atoms with Crippen LogP contribution in [0.25, 0.3) is 0 Å². The molecule has 2 N–H and O–H groups in total. The van der Waals surface area contributed by atoms with E-state index in [-0.39, 0.29) is 23.8 Å². The first-order chi connectivity index (χ1) is 9.73. The maximum atomic E-state index is 12.1. The quantitative estimate of drug-likeness (QED) is 0.795. The van der Waals surface area contributed by atoms with Crippen molar-refractivity contribution < 1.29 is 19.5 Å². The van der Waals surface area contributed by atoms with Gasteiger partial charge in [-0.2, -0.15) is 0 Å². The fraction of sp³-hybridized carbons (Fsp3) is 0.786. The number of aliphatic carboxylic acids is 1. The van der Waals surface area contributed by atoms with Crippen LogP contribution >= 0.6 is 0 Å². The monoisotopic (exact) mass is 299 g/mol. The van der Waals surface area contributed by atoms with Crippen molar-refractivity contribution in [3.8, 4) is 0 Å². The molecule has 1 saturated heterocycles. The fourth-order valence-electron chi connectivity index (χ4n) is 2.40. The summed E-state index contributed by atoms with van der Waals surface area (Å²) in [6.07, 6.45) is 1.13. The second-order valence-electron chi connectivity index (χ2n) is 6.01. The predicted molar refractivity (Wildman–Crippen MR) is 77.8 cm³/mol. The molecule has 0 radical (unpaired) electrons. The van der Waals surface area contributed by atoms with Crippen LogP contribution in [0.3, 0.4) is 0 Å². The van der Waals surface area contributed by atoms with E-state index in [0.717, 1.165) is 0 Å². The summed E-state index contributed by atoms with van der Waals surface area (Å²) in [6, 6.07) is -0.918. The molecule has 7 nitrogen and oxygen atoms in total. The lowest BCUT2D eigenvalue weighted by molar-refractivity contribution is -0.144. The van der Waals surface area contributed by atoms with Crippen LogP contribution in [0, 0.1) is 11.8 Å². The Hall–Kier alpha value is -1.79. The van der Waals surface area contributed by atoms with Gasteiger partial charge in [0, 0.05) is 33.1 Å². The van der Waals surface area contributed by atoms with Crippen molar-refractivity contribution in [2.24, 2.45) is 11.8 Å². The minimum Gasteiger partial charge on any atom is -0.480 e. The first kappa shape index (κ1) is 17.3. The van der Waals surface area contributed by atoms with Gasteiger partial charge in [0.05, 0.1) is 0 Å². The number of hydrogen-bond donors (Lipinski definition) is 2. The molecule has 1 fully saturated rings. The number of nitrogens with zero attached hydrogens (tertiary/aromatic N) is 2. The molecule has 21 heavy (non-hydrogen) atoms. The number of carbonyl (C=O) groups is 3. The van der Waals surface area contributed by atoms with Gasteiger partial charge in [-0.25, -0.2) is 9.59 Å². The lowest BCUT2D eigenvalue weighted by atomic mass is 9.94. The normalized spacial score (nSPS) is 17.5. The van der Waals surface area contributed by atoms with Gasteiger partial charge in [-0.1, -0.05) is 13.8 Å². The lowest BCUT2D eigenvalue weighted by Crippen LogP contribution is -2.50. The van der Waals surface area contributed by atoms with E-state index in [1.54, 1.807) is 32.8 Å². The molecule has 3 amide bonds. The van der Waals surface area contributed by atoms with Gasteiger partial charge in [-0.3, -0.25) is 4.79 Å². The number of rotatable bonds is 4. The molecular formula is C14H25N3O4. The van der Waals surface area contributed by atoms with Gasteiger partial charge in [-0.15, -0.1) is 0 Å². The van der Waals surface area contributed by atoms with E-state index in [9.17, 15) is 14.4 Å². The smallest absolute Gasteiger partial charge is 0.326 e. The molecule has 1 atom stereocenters. The van der Waals surface area contributed by atoms with Gasteiger partial charge in [0.25, 0.3) is 0 Å². The summed E-state index contributed by atoms with van der Waals surface area (Å²) in [5.41, 5.74) is 0. The Kier molecular flexibility index (Phi) is 5.99. The van der Waals surface area contributed by atoms with Crippen LogP contribution in [0.2, 0.25) is 0 Å². The highest BCUT2D eigenvalue weighted by Crippen LogP contribution is 2.19. The molecule has 0 spiro atoms. The average Bonchev–Trinajstić information content (AvgIpc) is 2.42. The summed E-state index contributed by atoms with van der Waals surface area (Å²) >= 11 is 0. The second kappa shape index (κ2) is 7.28. The van der Waals surface area contributed by atoms with Crippen LogP contribution in [-0.4, -0.2) is 66.0 Å². The van der Waals surface area contributed by atoms with Crippen molar-refractivity contribution in [1.82, 2.24) is 15.1 Å². The van der Waals surface area contributed by atoms with E-state index in [1.165, 1.54) is 4.90 Å². The number of piperidine rings is 1. The molecule has 120 valence electrons. The topological polar surface area (TPSA) is 90.0 Å². The maximum Gasteiger partial charge on any atom is 0.326 e. The first-order valence-electron chi connectivity index (χ1n) is 7.23. The number of likely N-dealkylation sites (tertiary alicyclic amines) is 1. The Balaban J connectivity index is 2.52. The molecule has 0 aliphatic carbocycles. The molecule has 0 aromatic carbocycles. The van der Waals surface area contributed by atoms with Crippen LogP contribution in [0.1, 0.15) is 26.7 Å². The third-order valence-corrected chi connectivity index (χ3v) is 3.75. The Morgan fingerprint density at radius 3 is 2.10 bits per heavy atom. The number of urea groups is 1. The summed E-state index contributed by atoms with van der Waals surface area (Å²) < 4.78 is 0. The Bertz CT molecular complexity index is 401. The number of nitrogens with one attached hydrogen (secondary N) is 1. The van der Waals surface area contributed by atoms with E-state index in [2.05, 4.69) is 5.32 Å². The summed E-state index contributed by atoms with van der Waals surface area (Å²) in [5, 5.41) is 11.7.